The molecule has 1 aromatic heterocycles. The Labute approximate surface area is 148 Å². The summed E-state index contributed by atoms with van der Waals surface area (Å²) in [7, 11) is 0. The second-order valence-corrected chi connectivity index (χ2v) is 7.46. The Morgan fingerprint density at radius 1 is 1.08 bits per heavy atom. The maximum Gasteiger partial charge on any atom is 0.321 e. The molecule has 3 heterocycles. The van der Waals surface area contributed by atoms with E-state index >= 15 is 0 Å². The zero-order valence-electron chi connectivity index (χ0n) is 13.1. The molecule has 6 heteroatoms. The minimum Gasteiger partial charge on any atom is -0.324 e. The third kappa shape index (κ3) is 2.86. The maximum absolute atomic E-state index is 12.6. The van der Waals surface area contributed by atoms with Crippen LogP contribution in [0.5, 0.6) is 0 Å². The van der Waals surface area contributed by atoms with Gasteiger partial charge in [-0.15, -0.1) is 0 Å². The number of benzene rings is 1. The van der Waals surface area contributed by atoms with Crippen molar-refractivity contribution in [1.82, 2.24) is 9.47 Å². The fourth-order valence-electron chi connectivity index (χ4n) is 3.80. The van der Waals surface area contributed by atoms with Crippen LogP contribution < -0.4 is 10.9 Å². The highest BCUT2D eigenvalue weighted by atomic mass is 79.9. The lowest BCUT2D eigenvalue weighted by atomic mass is 9.83. The average molecular weight is 388 g/mol. The van der Waals surface area contributed by atoms with E-state index in [1.54, 1.807) is 6.07 Å². The van der Waals surface area contributed by atoms with Crippen LogP contribution in [0.15, 0.2) is 51.7 Å². The summed E-state index contributed by atoms with van der Waals surface area (Å²) in [4.78, 5) is 26.5. The van der Waals surface area contributed by atoms with Crippen molar-refractivity contribution in [3.8, 4) is 0 Å². The van der Waals surface area contributed by atoms with Gasteiger partial charge in [-0.3, -0.25) is 4.79 Å². The molecule has 0 radical (unpaired) electrons. The molecule has 2 amide bonds. The summed E-state index contributed by atoms with van der Waals surface area (Å²) in [6.45, 7) is 2.05. The summed E-state index contributed by atoms with van der Waals surface area (Å²) in [6.07, 6.45) is 1.05. The maximum atomic E-state index is 12.6. The van der Waals surface area contributed by atoms with E-state index in [0.29, 0.717) is 25.6 Å². The SMILES string of the molecule is O=C(Nc1ccc(Br)cc1)N1CC2CC(C1)c1cccc(=O)n1C2. The Balaban J connectivity index is 1.52. The fraction of sp³-hybridized carbons (Fsp3) is 0.333. The number of halogens is 1. The molecule has 2 aliphatic rings. The molecule has 0 saturated carbocycles. The smallest absolute Gasteiger partial charge is 0.321 e. The Bertz CT molecular complexity index is 831. The number of piperidine rings is 1. The van der Waals surface area contributed by atoms with Crippen molar-refractivity contribution in [3.05, 3.63) is 63.0 Å². The molecule has 1 fully saturated rings. The van der Waals surface area contributed by atoms with Crippen LogP contribution in [0.1, 0.15) is 18.0 Å². The first-order chi connectivity index (χ1) is 11.6. The molecule has 1 saturated heterocycles. The van der Waals surface area contributed by atoms with E-state index in [0.717, 1.165) is 22.3 Å². The normalized spacial score (nSPS) is 22.0. The van der Waals surface area contributed by atoms with Crippen LogP contribution in [0.2, 0.25) is 0 Å². The van der Waals surface area contributed by atoms with Gasteiger partial charge in [-0.25, -0.2) is 4.79 Å². The summed E-state index contributed by atoms with van der Waals surface area (Å²) in [5.74, 6) is 0.578. The lowest BCUT2D eigenvalue weighted by molar-refractivity contribution is 0.139. The summed E-state index contributed by atoms with van der Waals surface area (Å²) in [6, 6.07) is 12.9. The first-order valence-corrected chi connectivity index (χ1v) is 8.91. The van der Waals surface area contributed by atoms with Crippen LogP contribution in [0.3, 0.4) is 0 Å². The van der Waals surface area contributed by atoms with E-state index in [9.17, 15) is 9.59 Å². The first kappa shape index (κ1) is 15.4. The molecule has 124 valence electrons. The molecule has 2 aromatic rings. The predicted molar refractivity (Wildman–Crippen MR) is 96.3 cm³/mol. The molecule has 2 unspecified atom stereocenters. The van der Waals surface area contributed by atoms with Crippen molar-refractivity contribution >= 4 is 27.6 Å². The molecule has 2 atom stereocenters. The lowest BCUT2D eigenvalue weighted by Crippen LogP contribution is -2.50. The number of pyridine rings is 1. The molecule has 2 bridgehead atoms. The number of amides is 2. The third-order valence-corrected chi connectivity index (χ3v) is 5.39. The molecule has 24 heavy (non-hydrogen) atoms. The number of carbonyl (C=O) groups excluding carboxylic acids is 1. The molecule has 2 aliphatic heterocycles. The number of anilines is 1. The van der Waals surface area contributed by atoms with Crippen LogP contribution >= 0.6 is 15.9 Å². The number of nitrogens with one attached hydrogen (secondary N) is 1. The highest BCUT2D eigenvalue weighted by Gasteiger charge is 2.36. The van der Waals surface area contributed by atoms with Crippen LogP contribution in [0, 0.1) is 5.92 Å². The Morgan fingerprint density at radius 3 is 2.67 bits per heavy atom. The zero-order valence-corrected chi connectivity index (χ0v) is 14.7. The van der Waals surface area contributed by atoms with Crippen LogP contribution in [0.25, 0.3) is 0 Å². The van der Waals surface area contributed by atoms with Gasteiger partial charge in [-0.2, -0.15) is 0 Å². The van der Waals surface area contributed by atoms with Gasteiger partial charge in [0.05, 0.1) is 0 Å². The predicted octanol–water partition coefficient (Wildman–Crippen LogP) is 3.26. The van der Waals surface area contributed by atoms with Gasteiger partial charge in [0, 0.05) is 47.5 Å². The third-order valence-electron chi connectivity index (χ3n) is 4.86. The standard InChI is InChI=1S/C18H18BrN3O2/c19-14-4-6-15(7-5-14)20-18(24)21-9-12-8-13(11-21)16-2-1-3-17(23)22(16)10-12/h1-7,12-13H,8-11H2,(H,20,24). The Hall–Kier alpha value is -2.08. The van der Waals surface area contributed by atoms with Crippen LogP contribution in [-0.2, 0) is 6.54 Å². The van der Waals surface area contributed by atoms with Crippen LogP contribution in [-0.4, -0.2) is 28.6 Å². The number of carbonyl (C=O) groups is 1. The number of likely N-dealkylation sites (tertiary alicyclic amines) is 1. The van der Waals surface area contributed by atoms with E-state index in [4.69, 9.17) is 0 Å². The molecule has 5 nitrogen and oxygen atoms in total. The van der Waals surface area contributed by atoms with Gasteiger partial charge in [0.15, 0.2) is 0 Å². The highest BCUT2D eigenvalue weighted by molar-refractivity contribution is 9.10. The fourth-order valence-corrected chi connectivity index (χ4v) is 4.06. The summed E-state index contributed by atoms with van der Waals surface area (Å²) < 4.78 is 2.86. The van der Waals surface area contributed by atoms with Crippen molar-refractivity contribution in [2.45, 2.75) is 18.9 Å². The second-order valence-electron chi connectivity index (χ2n) is 6.54. The van der Waals surface area contributed by atoms with Gasteiger partial charge >= 0.3 is 6.03 Å². The number of aromatic nitrogens is 1. The largest absolute Gasteiger partial charge is 0.324 e. The summed E-state index contributed by atoms with van der Waals surface area (Å²) in [5.41, 5.74) is 1.91. The molecule has 1 aromatic carbocycles. The minimum atomic E-state index is -0.0706. The minimum absolute atomic E-state index is 0.0648. The average Bonchev–Trinajstić information content (AvgIpc) is 2.58. The van der Waals surface area contributed by atoms with Gasteiger partial charge in [-0.1, -0.05) is 22.0 Å². The first-order valence-electron chi connectivity index (χ1n) is 8.11. The zero-order chi connectivity index (χ0) is 16.7. The van der Waals surface area contributed by atoms with Crippen LogP contribution in [0.4, 0.5) is 10.5 Å². The number of hydrogen-bond donors (Lipinski definition) is 1. The summed E-state index contributed by atoms with van der Waals surface area (Å²) in [5, 5.41) is 2.96. The molecule has 0 spiro atoms. The van der Waals surface area contributed by atoms with E-state index in [2.05, 4.69) is 21.2 Å². The quantitative estimate of drug-likeness (QED) is 0.816. The van der Waals surface area contributed by atoms with E-state index in [1.807, 2.05) is 45.9 Å². The molecular formula is C18H18BrN3O2. The van der Waals surface area contributed by atoms with Gasteiger partial charge < -0.3 is 14.8 Å². The van der Waals surface area contributed by atoms with Gasteiger partial charge in [0.1, 0.15) is 0 Å². The van der Waals surface area contributed by atoms with E-state index in [1.165, 1.54) is 0 Å². The topological polar surface area (TPSA) is 54.3 Å². The number of nitrogens with zero attached hydrogens (tertiary/aromatic N) is 2. The Kier molecular flexibility index (Phi) is 3.92. The number of hydrogen-bond acceptors (Lipinski definition) is 2. The highest BCUT2D eigenvalue weighted by Crippen LogP contribution is 2.35. The summed E-state index contributed by atoms with van der Waals surface area (Å²) >= 11 is 3.39. The van der Waals surface area contributed by atoms with Gasteiger partial charge in [0.2, 0.25) is 0 Å². The van der Waals surface area contributed by atoms with Crippen molar-refractivity contribution < 1.29 is 4.79 Å². The van der Waals surface area contributed by atoms with E-state index < -0.39 is 0 Å². The second kappa shape index (κ2) is 6.09. The molecule has 4 rings (SSSR count). The number of urea groups is 1. The molecule has 1 N–H and O–H groups in total. The van der Waals surface area contributed by atoms with Crippen molar-refractivity contribution in [1.29, 1.82) is 0 Å². The number of fused-ring (bicyclic) bond motifs is 4. The molecule has 0 aliphatic carbocycles. The Morgan fingerprint density at radius 2 is 1.88 bits per heavy atom. The monoisotopic (exact) mass is 387 g/mol. The van der Waals surface area contributed by atoms with E-state index in [-0.39, 0.29) is 17.5 Å². The van der Waals surface area contributed by atoms with Crippen molar-refractivity contribution in [3.63, 3.8) is 0 Å². The van der Waals surface area contributed by atoms with Crippen molar-refractivity contribution in [2.24, 2.45) is 5.92 Å². The molecular weight excluding hydrogens is 370 g/mol. The van der Waals surface area contributed by atoms with Crippen molar-refractivity contribution in [2.75, 3.05) is 18.4 Å². The number of rotatable bonds is 1. The van der Waals surface area contributed by atoms with Gasteiger partial charge in [-0.05, 0) is 42.7 Å². The lowest BCUT2D eigenvalue weighted by Gasteiger charge is -2.42. The van der Waals surface area contributed by atoms with Gasteiger partial charge in [0.25, 0.3) is 5.56 Å².